The number of ether oxygens (including phenoxy) is 4. The average molecular weight is 754 g/mol. The predicted molar refractivity (Wildman–Crippen MR) is 203 cm³/mol. The second-order valence-electron chi connectivity index (χ2n) is 14.9. The van der Waals surface area contributed by atoms with E-state index in [9.17, 15) is 14.7 Å². The Kier molecular flexibility index (Phi) is 10.1. The second-order valence-corrected chi connectivity index (χ2v) is 19.6. The van der Waals surface area contributed by atoms with Gasteiger partial charge in [-0.1, -0.05) is 54.7 Å². The van der Waals surface area contributed by atoms with E-state index in [2.05, 4.69) is 42.5 Å². The highest BCUT2D eigenvalue weighted by atomic mass is 28.3. The summed E-state index contributed by atoms with van der Waals surface area (Å²) in [7, 11) is 0.899. The van der Waals surface area contributed by atoms with Crippen molar-refractivity contribution < 1.29 is 38.4 Å². The third-order valence-electron chi connectivity index (χ3n) is 11.4. The van der Waals surface area contributed by atoms with Gasteiger partial charge in [-0.2, -0.15) is 0 Å². The lowest BCUT2D eigenvalue weighted by molar-refractivity contribution is -0.154. The lowest BCUT2D eigenvalue weighted by Gasteiger charge is -2.39. The molecule has 7 rings (SSSR count). The van der Waals surface area contributed by atoms with E-state index >= 15 is 4.79 Å². The van der Waals surface area contributed by atoms with Crippen molar-refractivity contribution in [3.63, 3.8) is 0 Å². The molecule has 3 aliphatic heterocycles. The molecule has 4 heterocycles. The second kappa shape index (κ2) is 14.6. The highest BCUT2D eigenvalue weighted by molar-refractivity contribution is 6.91. The Labute approximate surface area is 315 Å². The van der Waals surface area contributed by atoms with Crippen molar-refractivity contribution in [1.82, 2.24) is 15.0 Å². The smallest absolute Gasteiger partial charge is 0.304 e. The number of nitrogens with zero attached hydrogens (tertiary/aromatic N) is 5. The summed E-state index contributed by atoms with van der Waals surface area (Å²) in [4.78, 5) is 42.5. The summed E-state index contributed by atoms with van der Waals surface area (Å²) in [6.45, 7) is 8.97. The molecule has 1 aromatic heterocycles. The number of hydrogen-bond acceptors (Lipinski definition) is 10. The fraction of sp³-hybridized carbons (Fsp3) is 0.425. The molecule has 1 unspecified atom stereocenters. The van der Waals surface area contributed by atoms with Crippen molar-refractivity contribution in [1.29, 1.82) is 0 Å². The van der Waals surface area contributed by atoms with Crippen LogP contribution in [0.4, 0.5) is 11.4 Å². The van der Waals surface area contributed by atoms with Gasteiger partial charge in [0.15, 0.2) is 11.8 Å². The van der Waals surface area contributed by atoms with E-state index in [4.69, 9.17) is 18.9 Å². The quantitative estimate of drug-likeness (QED) is 0.119. The Bertz CT molecular complexity index is 2040. The topological polar surface area (TPSA) is 146 Å². The lowest BCUT2D eigenvalue weighted by atomic mass is 9.82. The van der Waals surface area contributed by atoms with Gasteiger partial charge in [0, 0.05) is 49.9 Å². The summed E-state index contributed by atoms with van der Waals surface area (Å²) in [5.74, 6) is 0.505. The molecule has 2 amide bonds. The Morgan fingerprint density at radius 3 is 2.37 bits per heavy atom. The first-order valence-corrected chi connectivity index (χ1v) is 21.4. The number of fused-ring (bicyclic) bond motifs is 2. The minimum atomic E-state index is -2.38. The molecule has 3 aliphatic rings. The number of carbonyl (C=O) groups is 3. The van der Waals surface area contributed by atoms with Crippen molar-refractivity contribution in [3.8, 4) is 11.5 Å². The summed E-state index contributed by atoms with van der Waals surface area (Å²) < 4.78 is 25.6. The van der Waals surface area contributed by atoms with Gasteiger partial charge in [-0.15, -0.1) is 5.10 Å². The van der Waals surface area contributed by atoms with E-state index in [1.807, 2.05) is 60.8 Å². The van der Waals surface area contributed by atoms with Gasteiger partial charge < -0.3 is 29.0 Å². The molecule has 13 nitrogen and oxygen atoms in total. The highest BCUT2D eigenvalue weighted by Crippen LogP contribution is 2.60. The Hall–Kier alpha value is -5.05. The van der Waals surface area contributed by atoms with Crippen LogP contribution in [0.25, 0.3) is 0 Å². The summed E-state index contributed by atoms with van der Waals surface area (Å²) in [6.07, 6.45) is 2.11. The number of methoxy groups -OCH3 is 2. The van der Waals surface area contributed by atoms with Gasteiger partial charge in [0.05, 0.1) is 52.7 Å². The first kappa shape index (κ1) is 37.3. The molecule has 284 valence electrons. The van der Waals surface area contributed by atoms with Gasteiger partial charge in [-0.3, -0.25) is 24.0 Å². The molecule has 2 fully saturated rings. The summed E-state index contributed by atoms with van der Waals surface area (Å²) in [5.41, 5.74) is 2.49. The molecule has 1 N–H and O–H groups in total. The minimum absolute atomic E-state index is 0.00547. The number of aromatic nitrogens is 3. The predicted octanol–water partition coefficient (Wildman–Crippen LogP) is 4.31. The SMILES string of the molecule is COc1ccc([Si](C)(C)[C@H]2[C@H](CCn3cc(CCO)nn3)O[C@@]3(C(=O)N(Cc4ccc(N5C(=O)CC5OC(C)=O)cc4)c4ccc(OC)cc43)[C@@H]2C)cc1. The molecule has 0 bridgehead atoms. The van der Waals surface area contributed by atoms with Crippen LogP contribution in [0, 0.1) is 5.92 Å². The lowest BCUT2D eigenvalue weighted by Crippen LogP contribution is -2.54. The van der Waals surface area contributed by atoms with Gasteiger partial charge in [-0.25, -0.2) is 0 Å². The fourth-order valence-electron chi connectivity index (χ4n) is 8.71. The standard InChI is InChI=1S/C40H47N5O8Si/c1-25-38(54(5,6)32-14-11-30(50-3)12-15-32)35(17-19-43-24-28(18-20-46)41-42-43)53-40(25)33-21-31(51-4)13-16-34(33)44(39(40)49)23-27-7-9-29(10-8-27)45-36(48)22-37(45)52-26(2)47/h7-16,21,24-25,35,37-38,46H,17-20,22-23H2,1-6H3/t25-,35+,37?,38-,40+/m1/s1. The number of esters is 1. The number of aliphatic hydroxyl groups excluding tert-OH is 1. The summed E-state index contributed by atoms with van der Waals surface area (Å²) >= 11 is 0. The third kappa shape index (κ3) is 6.45. The molecule has 0 saturated carbocycles. The highest BCUT2D eigenvalue weighted by Gasteiger charge is 2.66. The van der Waals surface area contributed by atoms with Crippen molar-refractivity contribution >= 4 is 42.4 Å². The van der Waals surface area contributed by atoms with Crippen LogP contribution in [0.2, 0.25) is 18.6 Å². The van der Waals surface area contributed by atoms with Crippen molar-refractivity contribution in [3.05, 3.63) is 89.7 Å². The Morgan fingerprint density at radius 1 is 1.02 bits per heavy atom. The number of carbonyl (C=O) groups excluding carboxylic acids is 3. The molecule has 1 spiro atoms. The number of aliphatic hydroxyl groups is 1. The zero-order valence-electron chi connectivity index (χ0n) is 31.5. The Morgan fingerprint density at radius 2 is 1.72 bits per heavy atom. The molecule has 0 aliphatic carbocycles. The zero-order chi connectivity index (χ0) is 38.4. The van der Waals surface area contributed by atoms with Crippen LogP contribution in [0.5, 0.6) is 11.5 Å². The first-order valence-electron chi connectivity index (χ1n) is 18.3. The van der Waals surface area contributed by atoms with Crippen LogP contribution in [0.3, 0.4) is 0 Å². The Balaban J connectivity index is 1.24. The van der Waals surface area contributed by atoms with Crippen molar-refractivity contribution in [2.75, 3.05) is 30.6 Å². The number of anilines is 2. The van der Waals surface area contributed by atoms with Crippen LogP contribution in [0.15, 0.2) is 72.9 Å². The molecular formula is C40H47N5O8Si. The summed E-state index contributed by atoms with van der Waals surface area (Å²) in [6, 6.07) is 21.4. The maximum absolute atomic E-state index is 15.2. The van der Waals surface area contributed by atoms with Gasteiger partial charge in [-0.05, 0) is 60.0 Å². The first-order chi connectivity index (χ1) is 25.9. The van der Waals surface area contributed by atoms with E-state index < -0.39 is 25.9 Å². The van der Waals surface area contributed by atoms with Crippen LogP contribution in [0.1, 0.15) is 43.5 Å². The largest absolute Gasteiger partial charge is 0.497 e. The number of aryl methyl sites for hydroxylation is 1. The molecule has 2 saturated heterocycles. The van der Waals surface area contributed by atoms with E-state index in [1.54, 1.807) is 23.8 Å². The maximum atomic E-state index is 15.2. The molecule has 4 aromatic rings. The molecule has 54 heavy (non-hydrogen) atoms. The van der Waals surface area contributed by atoms with Crippen molar-refractivity contribution in [2.24, 2.45) is 5.92 Å². The van der Waals surface area contributed by atoms with E-state index in [0.717, 1.165) is 28.3 Å². The molecule has 5 atom stereocenters. The van der Waals surface area contributed by atoms with E-state index in [-0.39, 0.29) is 48.9 Å². The number of amides is 2. The van der Waals surface area contributed by atoms with Crippen molar-refractivity contribution in [2.45, 2.75) is 82.8 Å². The average Bonchev–Trinajstić information content (AvgIpc) is 3.80. The monoisotopic (exact) mass is 753 g/mol. The number of β-lactam (4-membered cyclic amide) rings is 1. The van der Waals surface area contributed by atoms with E-state index in [1.165, 1.54) is 17.0 Å². The molecular weight excluding hydrogens is 707 g/mol. The maximum Gasteiger partial charge on any atom is 0.304 e. The number of hydrogen-bond donors (Lipinski definition) is 1. The van der Waals surface area contributed by atoms with Gasteiger partial charge >= 0.3 is 5.97 Å². The number of benzene rings is 3. The molecule has 14 heteroatoms. The van der Waals surface area contributed by atoms with Gasteiger partial charge in [0.2, 0.25) is 5.91 Å². The normalized spacial score (nSPS) is 23.5. The number of rotatable bonds is 13. The van der Waals surface area contributed by atoms with Crippen LogP contribution < -0.4 is 24.5 Å². The van der Waals surface area contributed by atoms with Gasteiger partial charge in [0.1, 0.15) is 11.5 Å². The minimum Gasteiger partial charge on any atom is -0.497 e. The fourth-order valence-corrected chi connectivity index (χ4v) is 12.8. The van der Waals surface area contributed by atoms with Gasteiger partial charge in [0.25, 0.3) is 5.91 Å². The van der Waals surface area contributed by atoms with E-state index in [0.29, 0.717) is 30.8 Å². The molecule has 0 radical (unpaired) electrons. The zero-order valence-corrected chi connectivity index (χ0v) is 32.5. The molecule has 3 aromatic carbocycles. The summed E-state index contributed by atoms with van der Waals surface area (Å²) in [5, 5.41) is 19.2. The van der Waals surface area contributed by atoms with Crippen LogP contribution in [-0.2, 0) is 49.0 Å². The van der Waals surface area contributed by atoms with Crippen LogP contribution >= 0.6 is 0 Å². The van der Waals surface area contributed by atoms with Crippen LogP contribution in [-0.4, -0.2) is 79.1 Å². The third-order valence-corrected chi connectivity index (χ3v) is 15.8.